The van der Waals surface area contributed by atoms with Crippen LogP contribution in [0, 0.1) is 5.82 Å². The van der Waals surface area contributed by atoms with Crippen LogP contribution in [0.1, 0.15) is 0 Å². The second-order valence-corrected chi connectivity index (χ2v) is 4.42. The van der Waals surface area contributed by atoms with Gasteiger partial charge in [0.15, 0.2) is 5.15 Å². The van der Waals surface area contributed by atoms with Gasteiger partial charge in [0.05, 0.1) is 13.4 Å². The Morgan fingerprint density at radius 1 is 1.52 bits per heavy atom. The van der Waals surface area contributed by atoms with Crippen molar-refractivity contribution in [1.82, 2.24) is 9.55 Å². The van der Waals surface area contributed by atoms with E-state index in [4.69, 9.17) is 16.3 Å². The van der Waals surface area contributed by atoms with E-state index in [1.54, 1.807) is 0 Å². The third kappa shape index (κ3) is 3.57. The van der Waals surface area contributed by atoms with E-state index in [-0.39, 0.29) is 17.4 Å². The predicted octanol–water partition coefficient (Wildman–Crippen LogP) is 1.68. The van der Waals surface area contributed by atoms with Crippen molar-refractivity contribution in [1.29, 1.82) is 0 Å². The molecule has 6 nitrogen and oxygen atoms in total. The monoisotopic (exact) mass is 311 g/mol. The Morgan fingerprint density at radius 3 is 2.95 bits per heavy atom. The number of halogens is 2. The molecule has 2 rings (SSSR count). The van der Waals surface area contributed by atoms with E-state index in [1.807, 2.05) is 0 Å². The van der Waals surface area contributed by atoms with Crippen molar-refractivity contribution in [2.24, 2.45) is 0 Å². The molecule has 0 aliphatic rings. The first-order chi connectivity index (χ1) is 10.0. The number of amides is 1. The lowest BCUT2D eigenvalue weighted by atomic mass is 10.3. The minimum Gasteiger partial charge on any atom is -0.489 e. The first kappa shape index (κ1) is 15.0. The maximum absolute atomic E-state index is 13.0. The molecule has 0 bridgehead atoms. The van der Waals surface area contributed by atoms with Crippen LogP contribution in [-0.2, 0) is 11.3 Å². The Morgan fingerprint density at radius 2 is 2.29 bits per heavy atom. The Balaban J connectivity index is 2.15. The van der Waals surface area contributed by atoms with Crippen LogP contribution in [0.25, 0.3) is 0 Å². The summed E-state index contributed by atoms with van der Waals surface area (Å²) in [4.78, 5) is 27.5. The molecule has 0 unspecified atom stereocenters. The molecule has 0 fully saturated rings. The Bertz CT molecular complexity index is 733. The highest BCUT2D eigenvalue weighted by Gasteiger charge is 2.12. The second kappa shape index (κ2) is 6.36. The normalized spacial score (nSPS) is 10.2. The maximum Gasteiger partial charge on any atom is 0.297 e. The van der Waals surface area contributed by atoms with Crippen LogP contribution in [0.4, 0.5) is 10.1 Å². The summed E-state index contributed by atoms with van der Waals surface area (Å²) in [5.41, 5.74) is -0.283. The molecule has 1 amide bonds. The maximum atomic E-state index is 13.0. The van der Waals surface area contributed by atoms with E-state index in [9.17, 15) is 14.0 Å². The topological polar surface area (TPSA) is 73.2 Å². The number of carbonyl (C=O) groups excluding carboxylic acids is 1. The molecular formula is C13H11ClFN3O3. The molecule has 0 aliphatic carbocycles. The van der Waals surface area contributed by atoms with Crippen molar-refractivity contribution in [2.45, 2.75) is 6.54 Å². The van der Waals surface area contributed by atoms with Crippen molar-refractivity contribution < 1.29 is 13.9 Å². The number of carbonyl (C=O) groups is 1. The van der Waals surface area contributed by atoms with Gasteiger partial charge in [0, 0.05) is 5.69 Å². The third-order valence-corrected chi connectivity index (χ3v) is 2.85. The number of hydrogen-bond donors (Lipinski definition) is 1. The van der Waals surface area contributed by atoms with Gasteiger partial charge in [0.1, 0.15) is 12.4 Å². The predicted molar refractivity (Wildman–Crippen MR) is 75.1 cm³/mol. The summed E-state index contributed by atoms with van der Waals surface area (Å²) in [7, 11) is 1.28. The standard InChI is InChI=1S/C13H11ClFN3O3/c1-21-11-12(14)16-7-18(13(11)20)6-10(19)17-9-4-2-3-8(15)5-9/h2-5,7H,6H2,1H3,(H,17,19). The molecule has 21 heavy (non-hydrogen) atoms. The number of ether oxygens (including phenoxy) is 1. The smallest absolute Gasteiger partial charge is 0.297 e. The molecule has 1 aromatic heterocycles. The molecule has 1 heterocycles. The summed E-state index contributed by atoms with van der Waals surface area (Å²) < 4.78 is 18.9. The zero-order valence-corrected chi connectivity index (χ0v) is 11.7. The summed E-state index contributed by atoms with van der Waals surface area (Å²) in [5, 5.41) is 2.39. The molecule has 1 N–H and O–H groups in total. The lowest BCUT2D eigenvalue weighted by Crippen LogP contribution is -2.28. The van der Waals surface area contributed by atoms with Gasteiger partial charge in [-0.25, -0.2) is 9.37 Å². The lowest BCUT2D eigenvalue weighted by Gasteiger charge is -2.09. The number of hydrogen-bond acceptors (Lipinski definition) is 4. The Kier molecular flexibility index (Phi) is 4.54. The SMILES string of the molecule is COc1c(Cl)ncn(CC(=O)Nc2cccc(F)c2)c1=O. The minimum absolute atomic E-state index is 0.0794. The molecule has 0 aliphatic heterocycles. The van der Waals surface area contributed by atoms with E-state index in [0.29, 0.717) is 5.69 Å². The molecule has 0 atom stereocenters. The second-order valence-electron chi connectivity index (χ2n) is 4.06. The summed E-state index contributed by atoms with van der Waals surface area (Å²) >= 11 is 5.69. The summed E-state index contributed by atoms with van der Waals surface area (Å²) in [5.74, 6) is -1.12. The van der Waals surface area contributed by atoms with Gasteiger partial charge >= 0.3 is 0 Å². The van der Waals surface area contributed by atoms with Crippen LogP contribution in [0.3, 0.4) is 0 Å². The number of anilines is 1. The zero-order chi connectivity index (χ0) is 15.4. The molecule has 0 saturated heterocycles. The van der Waals surface area contributed by atoms with Crippen LogP contribution in [0.15, 0.2) is 35.4 Å². The summed E-state index contributed by atoms with van der Waals surface area (Å²) in [6, 6.07) is 5.42. The van der Waals surface area contributed by atoms with Crippen molar-refractivity contribution in [2.75, 3.05) is 12.4 Å². The van der Waals surface area contributed by atoms with Crippen LogP contribution < -0.4 is 15.6 Å². The van der Waals surface area contributed by atoms with Crippen LogP contribution >= 0.6 is 11.6 Å². The number of benzene rings is 1. The minimum atomic E-state index is -0.577. The van der Waals surface area contributed by atoms with Crippen molar-refractivity contribution >= 4 is 23.2 Å². The fourth-order valence-corrected chi connectivity index (χ4v) is 1.86. The van der Waals surface area contributed by atoms with Crippen molar-refractivity contribution in [3.8, 4) is 5.75 Å². The first-order valence-corrected chi connectivity index (χ1v) is 6.23. The molecule has 8 heteroatoms. The van der Waals surface area contributed by atoms with E-state index in [2.05, 4.69) is 10.3 Å². The van der Waals surface area contributed by atoms with E-state index in [0.717, 1.165) is 10.9 Å². The molecular weight excluding hydrogens is 301 g/mol. The van der Waals surface area contributed by atoms with Gasteiger partial charge in [-0.1, -0.05) is 17.7 Å². The van der Waals surface area contributed by atoms with Gasteiger partial charge in [-0.15, -0.1) is 0 Å². The first-order valence-electron chi connectivity index (χ1n) is 5.85. The molecule has 110 valence electrons. The van der Waals surface area contributed by atoms with E-state index < -0.39 is 17.3 Å². The zero-order valence-electron chi connectivity index (χ0n) is 11.0. The van der Waals surface area contributed by atoms with Gasteiger partial charge in [-0.2, -0.15) is 0 Å². The number of methoxy groups -OCH3 is 1. The van der Waals surface area contributed by atoms with E-state index >= 15 is 0 Å². The lowest BCUT2D eigenvalue weighted by molar-refractivity contribution is -0.116. The molecule has 1 aromatic carbocycles. The Hall–Kier alpha value is -2.41. The average Bonchev–Trinajstić information content (AvgIpc) is 2.42. The fraction of sp³-hybridized carbons (Fsp3) is 0.154. The number of nitrogens with zero attached hydrogens (tertiary/aromatic N) is 2. The van der Waals surface area contributed by atoms with E-state index in [1.165, 1.54) is 31.4 Å². The quantitative estimate of drug-likeness (QED) is 0.872. The van der Waals surface area contributed by atoms with Crippen molar-refractivity contribution in [3.05, 3.63) is 51.9 Å². The molecule has 2 aromatic rings. The van der Waals surface area contributed by atoms with Crippen LogP contribution in [0.5, 0.6) is 5.75 Å². The highest BCUT2D eigenvalue weighted by atomic mass is 35.5. The van der Waals surface area contributed by atoms with Gasteiger partial charge < -0.3 is 10.1 Å². The summed E-state index contributed by atoms with van der Waals surface area (Å²) in [6.07, 6.45) is 1.14. The Labute approximate surface area is 124 Å². The molecule has 0 spiro atoms. The van der Waals surface area contributed by atoms with Gasteiger partial charge in [0.25, 0.3) is 5.56 Å². The average molecular weight is 312 g/mol. The summed E-state index contributed by atoms with van der Waals surface area (Å²) in [6.45, 7) is -0.296. The molecule has 0 radical (unpaired) electrons. The van der Waals surface area contributed by atoms with Gasteiger partial charge in [-0.05, 0) is 18.2 Å². The van der Waals surface area contributed by atoms with Crippen molar-refractivity contribution in [3.63, 3.8) is 0 Å². The van der Waals surface area contributed by atoms with Gasteiger partial charge in [0.2, 0.25) is 11.7 Å². The number of nitrogens with one attached hydrogen (secondary N) is 1. The fourth-order valence-electron chi connectivity index (χ4n) is 1.66. The van der Waals surface area contributed by atoms with Crippen LogP contribution in [-0.4, -0.2) is 22.6 Å². The highest BCUT2D eigenvalue weighted by molar-refractivity contribution is 6.30. The third-order valence-electron chi connectivity index (χ3n) is 2.58. The largest absolute Gasteiger partial charge is 0.489 e. The number of rotatable bonds is 4. The number of aromatic nitrogens is 2. The highest BCUT2D eigenvalue weighted by Crippen LogP contribution is 2.14. The van der Waals surface area contributed by atoms with Gasteiger partial charge in [-0.3, -0.25) is 14.2 Å². The molecule has 0 saturated carbocycles. The van der Waals surface area contributed by atoms with Crippen LogP contribution in [0.2, 0.25) is 5.15 Å².